The van der Waals surface area contributed by atoms with Crippen molar-refractivity contribution in [2.24, 2.45) is 0 Å². The summed E-state index contributed by atoms with van der Waals surface area (Å²) in [7, 11) is 0. The predicted octanol–water partition coefficient (Wildman–Crippen LogP) is 3.17. The van der Waals surface area contributed by atoms with Gasteiger partial charge in [-0.05, 0) is 42.0 Å². The van der Waals surface area contributed by atoms with Gasteiger partial charge in [-0.1, -0.05) is 42.5 Å². The second kappa shape index (κ2) is 11.3. The zero-order valence-electron chi connectivity index (χ0n) is 17.3. The Morgan fingerprint density at radius 3 is 2.30 bits per heavy atom. The van der Waals surface area contributed by atoms with E-state index in [1.54, 1.807) is 24.3 Å². The molecule has 168 valence electrons. The topological polar surface area (TPSA) is 123 Å². The van der Waals surface area contributed by atoms with Gasteiger partial charge in [-0.2, -0.15) is 0 Å². The van der Waals surface area contributed by atoms with E-state index in [9.17, 15) is 19.7 Å². The molecule has 0 aromatic heterocycles. The molecule has 0 unspecified atom stereocenters. The van der Waals surface area contributed by atoms with Crippen molar-refractivity contribution in [2.45, 2.75) is 6.42 Å². The fraction of sp³-hybridized carbons (Fsp3) is 0.0870. The molecule has 0 atom stereocenters. The summed E-state index contributed by atoms with van der Waals surface area (Å²) in [6.07, 6.45) is 0.732. The van der Waals surface area contributed by atoms with Crippen LogP contribution in [-0.2, 0) is 6.42 Å². The first-order chi connectivity index (χ1) is 15.9. The molecule has 2 amide bonds. The van der Waals surface area contributed by atoms with Crippen LogP contribution in [0.5, 0.6) is 5.75 Å². The minimum absolute atomic E-state index is 0.0613. The van der Waals surface area contributed by atoms with Gasteiger partial charge >= 0.3 is 0 Å². The molecule has 0 radical (unpaired) electrons. The molecule has 0 heterocycles. The highest BCUT2D eigenvalue weighted by molar-refractivity contribution is 7.80. The van der Waals surface area contributed by atoms with Crippen molar-refractivity contribution in [1.29, 1.82) is 0 Å². The molecule has 3 aromatic rings. The van der Waals surface area contributed by atoms with Gasteiger partial charge in [0.1, 0.15) is 5.75 Å². The Balaban J connectivity index is 1.48. The van der Waals surface area contributed by atoms with Crippen LogP contribution < -0.4 is 20.9 Å². The van der Waals surface area contributed by atoms with E-state index in [0.717, 1.165) is 18.1 Å². The van der Waals surface area contributed by atoms with Crippen molar-refractivity contribution in [3.63, 3.8) is 0 Å². The fourth-order valence-corrected chi connectivity index (χ4v) is 2.96. The van der Waals surface area contributed by atoms with Crippen molar-refractivity contribution in [3.05, 3.63) is 106 Å². The lowest BCUT2D eigenvalue weighted by Gasteiger charge is -2.12. The Hall–Kier alpha value is -4.31. The van der Waals surface area contributed by atoms with Crippen LogP contribution in [0, 0.1) is 10.1 Å². The van der Waals surface area contributed by atoms with Crippen LogP contribution in [0.4, 0.5) is 5.69 Å². The van der Waals surface area contributed by atoms with E-state index >= 15 is 0 Å². The molecule has 9 nitrogen and oxygen atoms in total. The molecule has 33 heavy (non-hydrogen) atoms. The maximum absolute atomic E-state index is 12.5. The van der Waals surface area contributed by atoms with Gasteiger partial charge in [-0.25, -0.2) is 0 Å². The number of rotatable bonds is 7. The van der Waals surface area contributed by atoms with E-state index in [-0.39, 0.29) is 16.4 Å². The van der Waals surface area contributed by atoms with Crippen LogP contribution >= 0.6 is 12.2 Å². The second-order valence-corrected chi connectivity index (χ2v) is 7.19. The Bertz CT molecular complexity index is 1170. The number of amides is 2. The summed E-state index contributed by atoms with van der Waals surface area (Å²) in [5.41, 5.74) is 5.99. The molecule has 0 aliphatic rings. The van der Waals surface area contributed by atoms with Crippen LogP contribution in [0.3, 0.4) is 0 Å². The van der Waals surface area contributed by atoms with Crippen LogP contribution in [0.2, 0.25) is 0 Å². The zero-order chi connectivity index (χ0) is 23.6. The van der Waals surface area contributed by atoms with Gasteiger partial charge < -0.3 is 4.74 Å². The van der Waals surface area contributed by atoms with Crippen LogP contribution in [-0.4, -0.2) is 28.5 Å². The van der Waals surface area contributed by atoms with Gasteiger partial charge in [0.15, 0.2) is 5.11 Å². The van der Waals surface area contributed by atoms with Crippen LogP contribution in [0.1, 0.15) is 26.3 Å². The number of carbonyl (C=O) groups excluding carboxylic acids is 2. The number of carbonyl (C=O) groups is 2. The number of hydrazine groups is 1. The molecule has 0 saturated carbocycles. The van der Waals surface area contributed by atoms with Crippen molar-refractivity contribution >= 4 is 34.8 Å². The summed E-state index contributed by atoms with van der Waals surface area (Å²) in [5.74, 6) is -0.605. The van der Waals surface area contributed by atoms with Crippen molar-refractivity contribution in [1.82, 2.24) is 16.2 Å². The lowest BCUT2D eigenvalue weighted by molar-refractivity contribution is -0.384. The highest BCUT2D eigenvalue weighted by Gasteiger charge is 2.13. The first-order valence-corrected chi connectivity index (χ1v) is 10.3. The number of ether oxygens (including phenoxy) is 1. The third-order valence-electron chi connectivity index (χ3n) is 4.43. The number of hydrogen-bond donors (Lipinski definition) is 3. The summed E-state index contributed by atoms with van der Waals surface area (Å²) in [6, 6.07) is 21.7. The molecule has 0 aliphatic carbocycles. The number of nitrogens with one attached hydrogen (secondary N) is 3. The highest BCUT2D eigenvalue weighted by Crippen LogP contribution is 2.14. The minimum atomic E-state index is -0.649. The SMILES string of the molecule is O=C(NNC(=S)NC(=O)c1cccc(OCCc2ccccc2)c1)c1cccc([N+](=O)[O-])c1. The number of thiocarbonyl (C=S) groups is 1. The molecule has 3 aromatic carbocycles. The van der Waals surface area contributed by atoms with Crippen molar-refractivity contribution in [2.75, 3.05) is 6.61 Å². The minimum Gasteiger partial charge on any atom is -0.493 e. The predicted molar refractivity (Wildman–Crippen MR) is 126 cm³/mol. The maximum Gasteiger partial charge on any atom is 0.270 e. The van der Waals surface area contributed by atoms with Crippen molar-refractivity contribution in [3.8, 4) is 5.75 Å². The van der Waals surface area contributed by atoms with Crippen LogP contribution in [0.25, 0.3) is 0 Å². The standard InChI is InChI=1S/C23H20N4O5S/c28-21(18-9-5-11-20(15-18)32-13-12-16-6-2-1-3-7-16)24-23(33)26-25-22(29)17-8-4-10-19(14-17)27(30)31/h1-11,14-15H,12-13H2,(H,25,29)(H2,24,26,28,33). The molecule has 0 spiro atoms. The van der Waals surface area contributed by atoms with Gasteiger partial charge in [0.2, 0.25) is 0 Å². The van der Waals surface area contributed by atoms with Gasteiger partial charge in [0, 0.05) is 29.7 Å². The molecule has 0 bridgehead atoms. The lowest BCUT2D eigenvalue weighted by atomic mass is 10.2. The number of nitro groups is 1. The average molecular weight is 465 g/mol. The molecule has 0 fully saturated rings. The van der Waals surface area contributed by atoms with E-state index in [2.05, 4.69) is 16.2 Å². The number of non-ortho nitro benzene ring substituents is 1. The number of hydrogen-bond acceptors (Lipinski definition) is 6. The third kappa shape index (κ3) is 7.11. The Kier molecular flexibility index (Phi) is 8.03. The Labute approximate surface area is 194 Å². The first-order valence-electron chi connectivity index (χ1n) is 9.85. The largest absolute Gasteiger partial charge is 0.493 e. The van der Waals surface area contributed by atoms with Crippen LogP contribution in [0.15, 0.2) is 78.9 Å². The van der Waals surface area contributed by atoms with Gasteiger partial charge in [0.05, 0.1) is 11.5 Å². The molecule has 3 N–H and O–H groups in total. The monoisotopic (exact) mass is 464 g/mol. The van der Waals surface area contributed by atoms with Gasteiger partial charge in [0.25, 0.3) is 17.5 Å². The fourth-order valence-electron chi connectivity index (χ4n) is 2.81. The molecule has 0 saturated heterocycles. The molecule has 10 heteroatoms. The molecular weight excluding hydrogens is 444 g/mol. The third-order valence-corrected chi connectivity index (χ3v) is 4.64. The van der Waals surface area contributed by atoms with E-state index in [1.807, 2.05) is 30.3 Å². The zero-order valence-corrected chi connectivity index (χ0v) is 18.1. The summed E-state index contributed by atoms with van der Waals surface area (Å²) < 4.78 is 5.73. The Morgan fingerprint density at radius 1 is 0.879 bits per heavy atom. The number of benzene rings is 3. The first kappa shape index (κ1) is 23.4. The second-order valence-electron chi connectivity index (χ2n) is 6.78. The molecule has 3 rings (SSSR count). The molecular formula is C23H20N4O5S. The summed E-state index contributed by atoms with van der Waals surface area (Å²) >= 11 is 5.03. The van der Waals surface area contributed by atoms with Gasteiger partial charge in [-0.3, -0.25) is 35.9 Å². The maximum atomic E-state index is 12.5. The van der Waals surface area contributed by atoms with E-state index in [0.29, 0.717) is 17.9 Å². The average Bonchev–Trinajstić information content (AvgIpc) is 2.83. The summed E-state index contributed by atoms with van der Waals surface area (Å²) in [6.45, 7) is 0.457. The van der Waals surface area contributed by atoms with E-state index in [1.165, 1.54) is 18.2 Å². The van der Waals surface area contributed by atoms with Crippen molar-refractivity contribution < 1.29 is 19.2 Å². The quantitative estimate of drug-likeness (QED) is 0.279. The highest BCUT2D eigenvalue weighted by atomic mass is 32.1. The number of nitro benzene ring substituents is 1. The Morgan fingerprint density at radius 2 is 1.58 bits per heavy atom. The van der Waals surface area contributed by atoms with E-state index < -0.39 is 16.7 Å². The number of nitrogens with zero attached hydrogens (tertiary/aromatic N) is 1. The summed E-state index contributed by atoms with van der Waals surface area (Å²) in [4.78, 5) is 34.8. The normalized spacial score (nSPS) is 10.1. The molecule has 0 aliphatic heterocycles. The lowest BCUT2D eigenvalue weighted by Crippen LogP contribution is -2.48. The van der Waals surface area contributed by atoms with E-state index in [4.69, 9.17) is 17.0 Å². The summed E-state index contributed by atoms with van der Waals surface area (Å²) in [5, 5.41) is 13.1. The van der Waals surface area contributed by atoms with Gasteiger partial charge in [-0.15, -0.1) is 0 Å². The smallest absolute Gasteiger partial charge is 0.270 e.